The number of nitrogens with zero attached hydrogens (tertiary/aromatic N) is 1. The summed E-state index contributed by atoms with van der Waals surface area (Å²) in [5, 5.41) is 4.24. The predicted molar refractivity (Wildman–Crippen MR) is 92.2 cm³/mol. The molecule has 0 fully saturated rings. The van der Waals surface area contributed by atoms with Crippen molar-refractivity contribution in [2.45, 2.75) is 0 Å². The molecule has 0 aliphatic carbocycles. The highest BCUT2D eigenvalue weighted by atomic mass is 35.5. The van der Waals surface area contributed by atoms with E-state index in [-0.39, 0.29) is 25.9 Å². The van der Waals surface area contributed by atoms with Gasteiger partial charge in [0, 0.05) is 10.7 Å². The summed E-state index contributed by atoms with van der Waals surface area (Å²) in [4.78, 5) is 27.6. The molecular formula is C13H6Cl5N3O2. The summed E-state index contributed by atoms with van der Waals surface area (Å²) in [6.07, 6.45) is 0. The number of nitrogens with one attached hydrogen (secondary N) is 2. The molecule has 5 nitrogen and oxygen atoms in total. The van der Waals surface area contributed by atoms with E-state index in [4.69, 9.17) is 58.0 Å². The van der Waals surface area contributed by atoms with Crippen LogP contribution in [0.5, 0.6) is 0 Å². The van der Waals surface area contributed by atoms with Gasteiger partial charge in [-0.2, -0.15) is 0 Å². The first-order valence-corrected chi connectivity index (χ1v) is 7.76. The maximum absolute atomic E-state index is 12.1. The van der Waals surface area contributed by atoms with E-state index in [9.17, 15) is 9.59 Å². The largest absolute Gasteiger partial charge is 0.326 e. The summed E-state index contributed by atoms with van der Waals surface area (Å²) in [6.45, 7) is 0. The number of benzene rings is 1. The molecule has 23 heavy (non-hydrogen) atoms. The van der Waals surface area contributed by atoms with Crippen LogP contribution in [-0.4, -0.2) is 16.9 Å². The van der Waals surface area contributed by atoms with E-state index >= 15 is 0 Å². The molecule has 0 radical (unpaired) electrons. The van der Waals surface area contributed by atoms with Gasteiger partial charge in [-0.15, -0.1) is 0 Å². The average molecular weight is 413 g/mol. The second kappa shape index (κ2) is 7.55. The number of amides is 3. The van der Waals surface area contributed by atoms with E-state index in [0.29, 0.717) is 10.7 Å². The lowest BCUT2D eigenvalue weighted by Gasteiger charge is -2.10. The Morgan fingerprint density at radius 3 is 2.09 bits per heavy atom. The van der Waals surface area contributed by atoms with Gasteiger partial charge in [-0.25, -0.2) is 9.78 Å². The number of rotatable bonds is 2. The molecule has 2 aromatic rings. The molecule has 1 aromatic carbocycles. The van der Waals surface area contributed by atoms with Gasteiger partial charge in [0.15, 0.2) is 5.15 Å². The highest BCUT2D eigenvalue weighted by molar-refractivity contribution is 6.50. The monoisotopic (exact) mass is 411 g/mol. The van der Waals surface area contributed by atoms with Gasteiger partial charge < -0.3 is 5.32 Å². The standard InChI is InChI=1S/C13H6Cl5N3O2/c14-5-1-3-6(4-2-5)19-13(23)21-12(22)7-8(15)9(16)11(18)20-10(7)17/h1-4H,(H2,19,21,22,23). The van der Waals surface area contributed by atoms with E-state index in [0.717, 1.165) is 0 Å². The van der Waals surface area contributed by atoms with Crippen molar-refractivity contribution < 1.29 is 9.59 Å². The lowest BCUT2D eigenvalue weighted by atomic mass is 10.2. The second-order valence-corrected chi connectivity index (χ2v) is 6.02. The summed E-state index contributed by atoms with van der Waals surface area (Å²) in [5.41, 5.74) is 0.179. The molecule has 0 saturated carbocycles. The van der Waals surface area contributed by atoms with Gasteiger partial charge in [-0.3, -0.25) is 10.1 Å². The molecule has 0 saturated heterocycles. The van der Waals surface area contributed by atoms with Gasteiger partial charge in [0.2, 0.25) is 0 Å². The maximum atomic E-state index is 12.1. The molecule has 2 N–H and O–H groups in total. The SMILES string of the molecule is O=C(NC(=O)c1c(Cl)nc(Cl)c(Cl)c1Cl)Nc1ccc(Cl)cc1. The number of anilines is 1. The fourth-order valence-corrected chi connectivity index (χ4v) is 2.65. The van der Waals surface area contributed by atoms with Crippen molar-refractivity contribution >= 4 is 75.6 Å². The van der Waals surface area contributed by atoms with Gasteiger partial charge in [0.05, 0.1) is 15.6 Å². The van der Waals surface area contributed by atoms with Crippen molar-refractivity contribution in [3.8, 4) is 0 Å². The maximum Gasteiger partial charge on any atom is 0.326 e. The molecule has 1 heterocycles. The van der Waals surface area contributed by atoms with Crippen molar-refractivity contribution in [1.82, 2.24) is 10.3 Å². The van der Waals surface area contributed by atoms with Crippen molar-refractivity contribution in [2.75, 3.05) is 5.32 Å². The van der Waals surface area contributed by atoms with Crippen LogP contribution in [0.1, 0.15) is 10.4 Å². The van der Waals surface area contributed by atoms with Crippen LogP contribution in [0.4, 0.5) is 10.5 Å². The molecule has 2 rings (SSSR count). The molecular weight excluding hydrogens is 407 g/mol. The number of carbonyl (C=O) groups is 2. The van der Waals surface area contributed by atoms with Crippen LogP contribution in [0.2, 0.25) is 25.4 Å². The van der Waals surface area contributed by atoms with Crippen LogP contribution in [0, 0.1) is 0 Å². The Hall–Kier alpha value is -1.24. The van der Waals surface area contributed by atoms with Gasteiger partial charge >= 0.3 is 6.03 Å². The molecule has 0 spiro atoms. The van der Waals surface area contributed by atoms with Crippen molar-refractivity contribution in [1.29, 1.82) is 0 Å². The third-order valence-electron chi connectivity index (χ3n) is 2.55. The minimum absolute atomic E-state index is 0.138. The Bertz CT molecular complexity index is 780. The van der Waals surface area contributed by atoms with Crippen molar-refractivity contribution in [3.63, 3.8) is 0 Å². The third-order valence-corrected chi connectivity index (χ3v) is 4.29. The number of imide groups is 1. The van der Waals surface area contributed by atoms with E-state index in [1.54, 1.807) is 24.3 Å². The zero-order chi connectivity index (χ0) is 17.1. The van der Waals surface area contributed by atoms with Gasteiger partial charge in [-0.1, -0.05) is 58.0 Å². The van der Waals surface area contributed by atoms with Gasteiger partial charge in [0.25, 0.3) is 5.91 Å². The van der Waals surface area contributed by atoms with E-state index in [1.165, 1.54) is 0 Å². The van der Waals surface area contributed by atoms with E-state index in [1.807, 2.05) is 0 Å². The molecule has 3 amide bonds. The number of aromatic nitrogens is 1. The number of carbonyl (C=O) groups excluding carboxylic acids is 2. The highest BCUT2D eigenvalue weighted by Gasteiger charge is 2.22. The molecule has 0 atom stereocenters. The summed E-state index contributed by atoms with van der Waals surface area (Å²) >= 11 is 29.0. The van der Waals surface area contributed by atoms with Crippen molar-refractivity contribution in [2.24, 2.45) is 0 Å². The molecule has 0 unspecified atom stereocenters. The third kappa shape index (κ3) is 4.40. The smallest absolute Gasteiger partial charge is 0.308 e. The highest BCUT2D eigenvalue weighted by Crippen LogP contribution is 2.34. The molecule has 0 aliphatic heterocycles. The number of hydrogen-bond donors (Lipinski definition) is 2. The molecule has 1 aromatic heterocycles. The topological polar surface area (TPSA) is 71.1 Å². The Kier molecular flexibility index (Phi) is 5.95. The van der Waals surface area contributed by atoms with Crippen LogP contribution < -0.4 is 10.6 Å². The Morgan fingerprint density at radius 2 is 1.48 bits per heavy atom. The Balaban J connectivity index is 2.14. The molecule has 0 aliphatic rings. The fourth-order valence-electron chi connectivity index (χ4n) is 1.54. The summed E-state index contributed by atoms with van der Waals surface area (Å²) in [6, 6.07) is 5.49. The molecule has 10 heteroatoms. The van der Waals surface area contributed by atoms with Crippen molar-refractivity contribution in [3.05, 3.63) is 55.2 Å². The van der Waals surface area contributed by atoms with Crippen LogP contribution >= 0.6 is 58.0 Å². The second-order valence-electron chi connectivity index (χ2n) is 4.11. The van der Waals surface area contributed by atoms with Gasteiger partial charge in [-0.05, 0) is 24.3 Å². The average Bonchev–Trinajstić information content (AvgIpc) is 2.47. The van der Waals surface area contributed by atoms with Crippen LogP contribution in [0.15, 0.2) is 24.3 Å². The normalized spacial score (nSPS) is 10.3. The first-order valence-electron chi connectivity index (χ1n) is 5.87. The summed E-state index contributed by atoms with van der Waals surface area (Å²) < 4.78 is 0. The van der Waals surface area contributed by atoms with Crippen LogP contribution in [-0.2, 0) is 0 Å². The minimum Gasteiger partial charge on any atom is -0.308 e. The quantitative estimate of drug-likeness (QED) is 0.656. The zero-order valence-corrected chi connectivity index (χ0v) is 14.7. The van der Waals surface area contributed by atoms with Crippen LogP contribution in [0.25, 0.3) is 0 Å². The van der Waals surface area contributed by atoms with E-state index in [2.05, 4.69) is 15.6 Å². The lowest BCUT2D eigenvalue weighted by molar-refractivity contribution is 0.0967. The zero-order valence-electron chi connectivity index (χ0n) is 11.0. The van der Waals surface area contributed by atoms with E-state index < -0.39 is 11.9 Å². The number of urea groups is 1. The predicted octanol–water partition coefficient (Wildman–Crippen LogP) is 5.31. The first kappa shape index (κ1) is 18.1. The van der Waals surface area contributed by atoms with Crippen LogP contribution in [0.3, 0.4) is 0 Å². The first-order chi connectivity index (χ1) is 10.8. The number of pyridine rings is 1. The number of hydrogen-bond acceptors (Lipinski definition) is 3. The fraction of sp³-hybridized carbons (Fsp3) is 0. The molecule has 120 valence electrons. The minimum atomic E-state index is -0.877. The summed E-state index contributed by atoms with van der Waals surface area (Å²) in [5.74, 6) is -0.877. The molecule has 0 bridgehead atoms. The Morgan fingerprint density at radius 1 is 0.870 bits per heavy atom. The number of halogens is 5. The Labute approximate surface area is 155 Å². The lowest BCUT2D eigenvalue weighted by Crippen LogP contribution is -2.34. The summed E-state index contributed by atoms with van der Waals surface area (Å²) in [7, 11) is 0. The van der Waals surface area contributed by atoms with Gasteiger partial charge in [0.1, 0.15) is 5.15 Å².